The molecule has 1 aromatic rings. The van der Waals surface area contributed by atoms with Crippen molar-refractivity contribution in [3.63, 3.8) is 0 Å². The lowest BCUT2D eigenvalue weighted by Crippen LogP contribution is -2.27. The van der Waals surface area contributed by atoms with Crippen molar-refractivity contribution in [3.8, 4) is 5.75 Å². The third kappa shape index (κ3) is 6.80. The summed E-state index contributed by atoms with van der Waals surface area (Å²) in [4.78, 5) is 14.1. The maximum atomic E-state index is 12.0. The summed E-state index contributed by atoms with van der Waals surface area (Å²) < 4.78 is 5.64. The average Bonchev–Trinajstić information content (AvgIpc) is 2.49. The van der Waals surface area contributed by atoms with Crippen LogP contribution in [0.2, 0.25) is 0 Å². The van der Waals surface area contributed by atoms with E-state index in [0.29, 0.717) is 30.2 Å². The molecule has 3 N–H and O–H groups in total. The average molecular weight is 307 g/mol. The van der Waals surface area contributed by atoms with Crippen LogP contribution in [0.4, 0.5) is 5.69 Å². The van der Waals surface area contributed by atoms with Gasteiger partial charge in [0, 0.05) is 12.1 Å². The maximum Gasteiger partial charge on any atom is 0.251 e. The van der Waals surface area contributed by atoms with Crippen molar-refractivity contribution in [3.05, 3.63) is 23.8 Å². The van der Waals surface area contributed by atoms with E-state index in [1.807, 2.05) is 14.1 Å². The molecule has 124 valence electrons. The van der Waals surface area contributed by atoms with Crippen LogP contribution < -0.4 is 15.8 Å². The molecule has 0 aromatic heterocycles. The summed E-state index contributed by atoms with van der Waals surface area (Å²) in [6.07, 6.45) is 4.25. The summed E-state index contributed by atoms with van der Waals surface area (Å²) in [5, 5.41) is 2.90. The molecule has 0 unspecified atom stereocenters. The van der Waals surface area contributed by atoms with Gasteiger partial charge in [-0.05, 0) is 51.7 Å². The van der Waals surface area contributed by atoms with E-state index in [4.69, 9.17) is 10.5 Å². The fourth-order valence-electron chi connectivity index (χ4n) is 2.05. The van der Waals surface area contributed by atoms with Crippen molar-refractivity contribution in [2.24, 2.45) is 0 Å². The molecule has 0 atom stereocenters. The first-order valence-corrected chi connectivity index (χ1v) is 7.99. The van der Waals surface area contributed by atoms with E-state index >= 15 is 0 Å². The normalized spacial score (nSPS) is 10.7. The number of unbranched alkanes of at least 4 members (excludes halogenated alkanes) is 2. The number of rotatable bonds is 10. The highest BCUT2D eigenvalue weighted by atomic mass is 16.5. The van der Waals surface area contributed by atoms with E-state index < -0.39 is 0 Å². The molecule has 0 saturated heterocycles. The molecule has 5 nitrogen and oxygen atoms in total. The quantitative estimate of drug-likeness (QED) is 0.515. The van der Waals surface area contributed by atoms with Gasteiger partial charge in [0.1, 0.15) is 5.75 Å². The summed E-state index contributed by atoms with van der Waals surface area (Å²) in [5.74, 6) is 0.559. The molecule has 1 aromatic carbocycles. The van der Waals surface area contributed by atoms with Crippen LogP contribution in [0.3, 0.4) is 0 Å². The summed E-state index contributed by atoms with van der Waals surface area (Å²) in [5.41, 5.74) is 7.04. The predicted molar refractivity (Wildman–Crippen MR) is 91.4 cm³/mol. The smallest absolute Gasteiger partial charge is 0.251 e. The fraction of sp³-hybridized carbons (Fsp3) is 0.588. The number of nitrogens with two attached hydrogens (primary N) is 1. The SMILES string of the molecule is CCCCCOc1ccc(C(=O)NCCCN(C)C)cc1N. The molecule has 1 rings (SSSR count). The molecule has 0 spiro atoms. The number of carbonyl (C=O) groups excluding carboxylic acids is 1. The number of amides is 1. The van der Waals surface area contributed by atoms with E-state index in [2.05, 4.69) is 17.1 Å². The largest absolute Gasteiger partial charge is 0.491 e. The lowest BCUT2D eigenvalue weighted by Gasteiger charge is -2.12. The molecule has 1 amide bonds. The first-order valence-electron chi connectivity index (χ1n) is 7.99. The van der Waals surface area contributed by atoms with E-state index in [0.717, 1.165) is 32.2 Å². The zero-order valence-corrected chi connectivity index (χ0v) is 14.0. The van der Waals surface area contributed by atoms with Crippen LogP contribution in [0, 0.1) is 0 Å². The second-order valence-corrected chi connectivity index (χ2v) is 5.72. The van der Waals surface area contributed by atoms with Crippen molar-refractivity contribution in [1.82, 2.24) is 10.2 Å². The summed E-state index contributed by atoms with van der Waals surface area (Å²) >= 11 is 0. The van der Waals surface area contributed by atoms with Gasteiger partial charge in [0.2, 0.25) is 0 Å². The minimum atomic E-state index is -0.0945. The predicted octanol–water partition coefficient (Wildman–Crippen LogP) is 2.52. The highest BCUT2D eigenvalue weighted by molar-refractivity contribution is 5.95. The van der Waals surface area contributed by atoms with Gasteiger partial charge in [0.05, 0.1) is 12.3 Å². The number of anilines is 1. The van der Waals surface area contributed by atoms with Gasteiger partial charge in [-0.1, -0.05) is 19.8 Å². The highest BCUT2D eigenvalue weighted by Gasteiger charge is 2.08. The number of nitrogens with one attached hydrogen (secondary N) is 1. The molecule has 0 saturated carbocycles. The third-order valence-electron chi connectivity index (χ3n) is 3.35. The number of hydrogen-bond acceptors (Lipinski definition) is 4. The Bertz CT molecular complexity index is 461. The van der Waals surface area contributed by atoms with Crippen molar-refractivity contribution >= 4 is 11.6 Å². The maximum absolute atomic E-state index is 12.0. The molecule has 0 bridgehead atoms. The van der Waals surface area contributed by atoms with Gasteiger partial charge in [-0.15, -0.1) is 0 Å². The van der Waals surface area contributed by atoms with Crippen molar-refractivity contribution in [1.29, 1.82) is 0 Å². The van der Waals surface area contributed by atoms with E-state index in [-0.39, 0.29) is 5.91 Å². The summed E-state index contributed by atoms with van der Waals surface area (Å²) in [6.45, 7) is 4.42. The number of benzene rings is 1. The second-order valence-electron chi connectivity index (χ2n) is 5.72. The van der Waals surface area contributed by atoms with Gasteiger partial charge in [0.15, 0.2) is 0 Å². The van der Waals surface area contributed by atoms with Crippen LogP contribution in [0.1, 0.15) is 43.0 Å². The molecular formula is C17H29N3O2. The molecule has 0 aliphatic carbocycles. The number of hydrogen-bond donors (Lipinski definition) is 2. The number of carbonyl (C=O) groups is 1. The van der Waals surface area contributed by atoms with Gasteiger partial charge >= 0.3 is 0 Å². The standard InChI is InChI=1S/C17H29N3O2/c1-4-5-6-12-22-16-9-8-14(13-15(16)18)17(21)19-10-7-11-20(2)3/h8-9,13H,4-7,10-12,18H2,1-3H3,(H,19,21). The Labute approximate surface area is 133 Å². The fourth-order valence-corrected chi connectivity index (χ4v) is 2.05. The van der Waals surface area contributed by atoms with Gasteiger partial charge in [-0.25, -0.2) is 0 Å². The Morgan fingerprint density at radius 1 is 1.27 bits per heavy atom. The van der Waals surface area contributed by atoms with E-state index in [9.17, 15) is 4.79 Å². The Morgan fingerprint density at radius 3 is 2.68 bits per heavy atom. The van der Waals surface area contributed by atoms with Crippen molar-refractivity contribution < 1.29 is 9.53 Å². The molecule has 0 radical (unpaired) electrons. The second kappa shape index (κ2) is 10.1. The molecule has 0 fully saturated rings. The highest BCUT2D eigenvalue weighted by Crippen LogP contribution is 2.22. The Balaban J connectivity index is 2.44. The third-order valence-corrected chi connectivity index (χ3v) is 3.35. The summed E-state index contributed by atoms with van der Waals surface area (Å²) in [7, 11) is 4.03. The monoisotopic (exact) mass is 307 g/mol. The van der Waals surface area contributed by atoms with Crippen molar-refractivity contribution in [2.45, 2.75) is 32.6 Å². The first kappa shape index (κ1) is 18.3. The van der Waals surface area contributed by atoms with Gasteiger partial charge in [-0.2, -0.15) is 0 Å². The number of nitrogens with zero attached hydrogens (tertiary/aromatic N) is 1. The van der Waals surface area contributed by atoms with Gasteiger partial charge in [0.25, 0.3) is 5.91 Å². The number of ether oxygens (including phenoxy) is 1. The van der Waals surface area contributed by atoms with Gasteiger partial charge < -0.3 is 20.7 Å². The Hall–Kier alpha value is -1.75. The zero-order valence-electron chi connectivity index (χ0n) is 14.0. The molecule has 0 aliphatic heterocycles. The number of nitrogen functional groups attached to an aromatic ring is 1. The molecule has 0 heterocycles. The van der Waals surface area contributed by atoms with Crippen LogP contribution in [-0.2, 0) is 0 Å². The topological polar surface area (TPSA) is 67.6 Å². The van der Waals surface area contributed by atoms with Crippen molar-refractivity contribution in [2.75, 3.05) is 39.5 Å². The van der Waals surface area contributed by atoms with Gasteiger partial charge in [-0.3, -0.25) is 4.79 Å². The summed E-state index contributed by atoms with van der Waals surface area (Å²) in [6, 6.07) is 5.21. The molecule has 0 aliphatic rings. The van der Waals surface area contributed by atoms with Crippen LogP contribution >= 0.6 is 0 Å². The molecule has 5 heteroatoms. The lowest BCUT2D eigenvalue weighted by atomic mass is 10.1. The molecule has 22 heavy (non-hydrogen) atoms. The van der Waals surface area contributed by atoms with Crippen LogP contribution in [0.25, 0.3) is 0 Å². The minimum Gasteiger partial charge on any atom is -0.491 e. The van der Waals surface area contributed by atoms with Crippen LogP contribution in [0.5, 0.6) is 5.75 Å². The van der Waals surface area contributed by atoms with Crippen LogP contribution in [-0.4, -0.2) is 44.6 Å². The zero-order chi connectivity index (χ0) is 16.4. The van der Waals surface area contributed by atoms with E-state index in [1.165, 1.54) is 0 Å². The van der Waals surface area contributed by atoms with E-state index in [1.54, 1.807) is 18.2 Å². The molecular weight excluding hydrogens is 278 g/mol. The van der Waals surface area contributed by atoms with Crippen LogP contribution in [0.15, 0.2) is 18.2 Å². The Kier molecular flexibility index (Phi) is 8.36. The first-order chi connectivity index (χ1) is 10.5. The minimum absolute atomic E-state index is 0.0945. The lowest BCUT2D eigenvalue weighted by molar-refractivity contribution is 0.0952. The Morgan fingerprint density at radius 2 is 2.05 bits per heavy atom.